The van der Waals surface area contributed by atoms with Crippen LogP contribution in [-0.2, 0) is 0 Å². The Bertz CT molecular complexity index is 406. The highest BCUT2D eigenvalue weighted by Gasteiger charge is 2.30. The van der Waals surface area contributed by atoms with Gasteiger partial charge in [0.05, 0.1) is 17.7 Å². The Kier molecular flexibility index (Phi) is 2.38. The highest BCUT2D eigenvalue weighted by atomic mass is 16.5. The molecule has 3 N–H and O–H groups in total. The number of ether oxygens (including phenoxy) is 1. The number of phenols is 1. The topological polar surface area (TPSA) is 79.3 Å². The second kappa shape index (κ2) is 3.70. The third-order valence-electron chi connectivity index (χ3n) is 2.58. The molecule has 78 valence electrons. The Morgan fingerprint density at radius 3 is 2.80 bits per heavy atom. The molecule has 0 radical (unpaired) electrons. The number of aromatic hydroxyl groups is 1. The highest BCUT2D eigenvalue weighted by Crippen LogP contribution is 2.32. The molecule has 4 heteroatoms. The molecule has 1 aromatic rings. The predicted octanol–water partition coefficient (Wildman–Crippen LogP) is 1.66. The molecule has 1 aromatic carbocycles. The zero-order chi connectivity index (χ0) is 10.8. The van der Waals surface area contributed by atoms with Gasteiger partial charge in [0.25, 0.3) is 0 Å². The van der Waals surface area contributed by atoms with E-state index in [1.54, 1.807) is 12.1 Å². The number of rotatable bonds is 2. The molecular weight excluding hydrogens is 192 g/mol. The third kappa shape index (κ3) is 1.96. The van der Waals surface area contributed by atoms with Crippen molar-refractivity contribution in [2.24, 2.45) is 5.92 Å². The summed E-state index contributed by atoms with van der Waals surface area (Å²) in [5, 5.41) is 17.8. The van der Waals surface area contributed by atoms with Crippen LogP contribution in [0.2, 0.25) is 0 Å². The van der Waals surface area contributed by atoms with Gasteiger partial charge in [0.2, 0.25) is 0 Å². The summed E-state index contributed by atoms with van der Waals surface area (Å²) in [7, 11) is 0. The van der Waals surface area contributed by atoms with Crippen molar-refractivity contribution < 1.29 is 9.84 Å². The number of benzene rings is 1. The summed E-state index contributed by atoms with van der Waals surface area (Å²) in [5.41, 5.74) is 5.84. The van der Waals surface area contributed by atoms with E-state index in [0.717, 1.165) is 12.8 Å². The van der Waals surface area contributed by atoms with E-state index in [4.69, 9.17) is 15.7 Å². The first-order valence-electron chi connectivity index (χ1n) is 4.84. The predicted molar refractivity (Wildman–Crippen MR) is 55.3 cm³/mol. The average molecular weight is 204 g/mol. The van der Waals surface area contributed by atoms with Gasteiger partial charge in [-0.15, -0.1) is 0 Å². The number of nitriles is 1. The molecule has 0 unspecified atom stereocenters. The number of anilines is 1. The van der Waals surface area contributed by atoms with E-state index in [2.05, 4.69) is 6.07 Å². The second-order valence-corrected chi connectivity index (χ2v) is 3.76. The van der Waals surface area contributed by atoms with Crippen LogP contribution < -0.4 is 10.5 Å². The molecule has 0 aliphatic heterocycles. The standard InChI is InChI=1S/C11H12N2O2/c12-6-7-3-9(4-7)15-8-1-2-11(14)10(13)5-8/h1-2,5,7,9,14H,3-4,13H2. The monoisotopic (exact) mass is 204 g/mol. The molecule has 0 amide bonds. The Morgan fingerprint density at radius 2 is 2.20 bits per heavy atom. The van der Waals surface area contributed by atoms with Crippen LogP contribution in [0, 0.1) is 17.2 Å². The Balaban J connectivity index is 1.95. The molecule has 1 aliphatic carbocycles. The van der Waals surface area contributed by atoms with Crippen molar-refractivity contribution in [2.45, 2.75) is 18.9 Å². The average Bonchev–Trinajstić information content (AvgIpc) is 2.16. The first kappa shape index (κ1) is 9.66. The third-order valence-corrected chi connectivity index (χ3v) is 2.58. The van der Waals surface area contributed by atoms with Crippen LogP contribution >= 0.6 is 0 Å². The zero-order valence-electron chi connectivity index (χ0n) is 8.18. The van der Waals surface area contributed by atoms with Crippen molar-refractivity contribution in [2.75, 3.05) is 5.73 Å². The van der Waals surface area contributed by atoms with E-state index in [0.29, 0.717) is 11.4 Å². The van der Waals surface area contributed by atoms with Crippen molar-refractivity contribution in [3.63, 3.8) is 0 Å². The largest absolute Gasteiger partial charge is 0.506 e. The normalized spacial score (nSPS) is 23.9. The van der Waals surface area contributed by atoms with Gasteiger partial charge in [-0.05, 0) is 12.1 Å². The van der Waals surface area contributed by atoms with Gasteiger partial charge in [-0.2, -0.15) is 5.26 Å². The van der Waals surface area contributed by atoms with Crippen molar-refractivity contribution >= 4 is 5.69 Å². The van der Waals surface area contributed by atoms with Gasteiger partial charge in [-0.1, -0.05) is 0 Å². The SMILES string of the molecule is N#CC1CC(Oc2ccc(O)c(N)c2)C1. The summed E-state index contributed by atoms with van der Waals surface area (Å²) < 4.78 is 5.58. The van der Waals surface area contributed by atoms with Gasteiger partial charge in [0.15, 0.2) is 0 Å². The van der Waals surface area contributed by atoms with E-state index < -0.39 is 0 Å². The van der Waals surface area contributed by atoms with Crippen LogP contribution in [0.25, 0.3) is 0 Å². The van der Waals surface area contributed by atoms with Crippen LogP contribution in [0.4, 0.5) is 5.69 Å². The van der Waals surface area contributed by atoms with E-state index in [9.17, 15) is 5.11 Å². The molecule has 0 heterocycles. The quantitative estimate of drug-likeness (QED) is 0.567. The number of hydrogen-bond donors (Lipinski definition) is 2. The van der Waals surface area contributed by atoms with Crippen LogP contribution in [0.3, 0.4) is 0 Å². The van der Waals surface area contributed by atoms with Crippen molar-refractivity contribution in [1.29, 1.82) is 5.26 Å². The summed E-state index contributed by atoms with van der Waals surface area (Å²) in [6.45, 7) is 0. The number of nitrogens with zero attached hydrogens (tertiary/aromatic N) is 1. The van der Waals surface area contributed by atoms with Gasteiger partial charge >= 0.3 is 0 Å². The minimum atomic E-state index is 0.0610. The van der Waals surface area contributed by atoms with Crippen LogP contribution in [0.1, 0.15) is 12.8 Å². The van der Waals surface area contributed by atoms with Crippen molar-refractivity contribution in [1.82, 2.24) is 0 Å². The van der Waals surface area contributed by atoms with Crippen LogP contribution in [-0.4, -0.2) is 11.2 Å². The number of nitrogens with two attached hydrogens (primary N) is 1. The maximum absolute atomic E-state index is 9.21. The lowest BCUT2D eigenvalue weighted by Crippen LogP contribution is -2.32. The van der Waals surface area contributed by atoms with Gasteiger partial charge in [0, 0.05) is 18.9 Å². The van der Waals surface area contributed by atoms with Gasteiger partial charge in [-0.3, -0.25) is 0 Å². The Labute approximate surface area is 87.9 Å². The maximum atomic E-state index is 9.21. The maximum Gasteiger partial charge on any atom is 0.138 e. The molecule has 0 saturated heterocycles. The zero-order valence-corrected chi connectivity index (χ0v) is 8.18. The van der Waals surface area contributed by atoms with Crippen molar-refractivity contribution in [3.05, 3.63) is 18.2 Å². The fraction of sp³-hybridized carbons (Fsp3) is 0.364. The lowest BCUT2D eigenvalue weighted by Gasteiger charge is -2.30. The van der Waals surface area contributed by atoms with Gasteiger partial charge < -0.3 is 15.6 Å². The second-order valence-electron chi connectivity index (χ2n) is 3.76. The van der Waals surface area contributed by atoms with E-state index in [1.807, 2.05) is 0 Å². The first-order chi connectivity index (χ1) is 7.19. The highest BCUT2D eigenvalue weighted by molar-refractivity contribution is 5.55. The van der Waals surface area contributed by atoms with Gasteiger partial charge in [0.1, 0.15) is 17.6 Å². The molecule has 1 aliphatic rings. The Morgan fingerprint density at radius 1 is 1.47 bits per heavy atom. The molecular formula is C11H12N2O2. The number of hydrogen-bond acceptors (Lipinski definition) is 4. The molecule has 0 atom stereocenters. The van der Waals surface area contributed by atoms with E-state index in [-0.39, 0.29) is 17.8 Å². The first-order valence-corrected chi connectivity index (χ1v) is 4.84. The minimum Gasteiger partial charge on any atom is -0.506 e. The summed E-state index contributed by atoms with van der Waals surface area (Å²) in [6, 6.07) is 6.96. The van der Waals surface area contributed by atoms with E-state index in [1.165, 1.54) is 6.07 Å². The molecule has 2 rings (SSSR count). The summed E-state index contributed by atoms with van der Waals surface area (Å²) in [6.07, 6.45) is 1.66. The summed E-state index contributed by atoms with van der Waals surface area (Å²) in [4.78, 5) is 0. The smallest absolute Gasteiger partial charge is 0.138 e. The van der Waals surface area contributed by atoms with Crippen LogP contribution in [0.5, 0.6) is 11.5 Å². The molecule has 0 aromatic heterocycles. The number of nitrogen functional groups attached to an aromatic ring is 1. The van der Waals surface area contributed by atoms with Gasteiger partial charge in [-0.25, -0.2) is 0 Å². The lowest BCUT2D eigenvalue weighted by molar-refractivity contribution is 0.0893. The minimum absolute atomic E-state index is 0.0610. The van der Waals surface area contributed by atoms with Crippen LogP contribution in [0.15, 0.2) is 18.2 Å². The fourth-order valence-electron chi connectivity index (χ4n) is 1.57. The summed E-state index contributed by atoms with van der Waals surface area (Å²) in [5.74, 6) is 0.835. The Hall–Kier alpha value is -1.89. The molecule has 15 heavy (non-hydrogen) atoms. The molecule has 0 spiro atoms. The molecule has 4 nitrogen and oxygen atoms in total. The summed E-state index contributed by atoms with van der Waals surface area (Å²) >= 11 is 0. The molecule has 0 bridgehead atoms. The fourth-order valence-corrected chi connectivity index (χ4v) is 1.57. The molecule has 1 fully saturated rings. The molecule has 1 saturated carbocycles. The number of phenolic OH excluding ortho intramolecular Hbond substituents is 1. The van der Waals surface area contributed by atoms with E-state index >= 15 is 0 Å². The van der Waals surface area contributed by atoms with Crippen molar-refractivity contribution in [3.8, 4) is 17.6 Å². The lowest BCUT2D eigenvalue weighted by atomic mass is 9.83.